The van der Waals surface area contributed by atoms with Gasteiger partial charge in [-0.3, -0.25) is 29.1 Å². The van der Waals surface area contributed by atoms with Crippen molar-refractivity contribution in [3.63, 3.8) is 0 Å². The van der Waals surface area contributed by atoms with Crippen molar-refractivity contribution in [3.05, 3.63) is 104 Å². The van der Waals surface area contributed by atoms with Crippen LogP contribution in [0, 0.1) is 0 Å². The predicted octanol–water partition coefficient (Wildman–Crippen LogP) is -3.14. The number of aromatic nitrogens is 8. The molecule has 0 spiro atoms. The van der Waals surface area contributed by atoms with Gasteiger partial charge in [0.2, 0.25) is 11.9 Å². The molecule has 0 bridgehead atoms. The molecule has 332 valence electrons. The van der Waals surface area contributed by atoms with Crippen molar-refractivity contribution in [2.75, 3.05) is 22.1 Å². The van der Waals surface area contributed by atoms with Crippen LogP contribution in [0.1, 0.15) is 57.8 Å². The van der Waals surface area contributed by atoms with Gasteiger partial charge in [-0.1, -0.05) is 0 Å². The fourth-order valence-electron chi connectivity index (χ4n) is 5.50. The van der Waals surface area contributed by atoms with Crippen LogP contribution in [-0.2, 0) is 32.3 Å². The second-order valence-corrected chi connectivity index (χ2v) is 13.4. The average molecular weight is 968 g/mol. The normalized spacial score (nSPS) is 11.4. The third-order valence-corrected chi connectivity index (χ3v) is 8.69. The van der Waals surface area contributed by atoms with E-state index in [1.807, 2.05) is 0 Å². The van der Waals surface area contributed by atoms with Crippen LogP contribution in [0.2, 0.25) is 0 Å². The van der Waals surface area contributed by atoms with Crippen molar-refractivity contribution in [2.24, 2.45) is 0 Å². The van der Waals surface area contributed by atoms with Gasteiger partial charge in [-0.25, -0.2) is 29.5 Å². The molecule has 0 saturated carbocycles. The number of carbonyl (C=O) groups excluding carboxylic acids is 4. The number of hydrogen-bond acceptors (Lipinski definition) is 20. The van der Waals surface area contributed by atoms with E-state index in [4.69, 9.17) is 21.7 Å². The smallest absolute Gasteiger partial charge is 0.550 e. The van der Waals surface area contributed by atoms with E-state index in [1.54, 1.807) is 24.3 Å². The number of benzene rings is 2. The van der Waals surface area contributed by atoms with Crippen molar-refractivity contribution in [1.82, 2.24) is 50.5 Å². The van der Waals surface area contributed by atoms with E-state index in [0.717, 1.165) is 0 Å². The maximum Gasteiger partial charge on any atom is 2.00 e. The zero-order valence-electron chi connectivity index (χ0n) is 33.7. The van der Waals surface area contributed by atoms with Gasteiger partial charge in [0.25, 0.3) is 22.9 Å². The summed E-state index contributed by atoms with van der Waals surface area (Å²) in [6.45, 7) is 0.450. The molecule has 0 radical (unpaired) electrons. The molecule has 2 amide bonds. The van der Waals surface area contributed by atoms with Crippen molar-refractivity contribution >= 4 is 127 Å². The van der Waals surface area contributed by atoms with E-state index in [1.165, 1.54) is 36.7 Å². The number of amides is 2. The molecular weight excluding hydrogens is 932 g/mol. The van der Waals surface area contributed by atoms with Gasteiger partial charge in [0.15, 0.2) is 22.3 Å². The van der Waals surface area contributed by atoms with Gasteiger partial charge in [0.05, 0.1) is 36.9 Å². The molecule has 26 nitrogen and oxygen atoms in total. The van der Waals surface area contributed by atoms with Gasteiger partial charge in [-0.05, 0) is 74.2 Å². The Morgan fingerprint density at radius 1 is 0.600 bits per heavy atom. The van der Waals surface area contributed by atoms with Crippen LogP contribution >= 0.6 is 0 Å². The number of fused-ring (bicyclic) bond motifs is 2. The van der Waals surface area contributed by atoms with E-state index in [9.17, 15) is 48.6 Å². The summed E-state index contributed by atoms with van der Waals surface area (Å²) in [7, 11) is 0. The summed E-state index contributed by atoms with van der Waals surface area (Å²) in [6, 6.07) is 9.56. The Hall–Kier alpha value is -7.62. The zero-order chi connectivity index (χ0) is 46.5. The fraction of sp³-hybridized carbons (Fsp3) is 0.211. The Morgan fingerprint density at radius 2 is 0.954 bits per heavy atom. The molecule has 2 aromatic carbocycles. The topological polar surface area (TPSA) is 432 Å². The van der Waals surface area contributed by atoms with E-state index >= 15 is 0 Å². The Balaban J connectivity index is 0.000000280. The Labute approximate surface area is 401 Å². The molecule has 0 saturated heterocycles. The number of H-pyrrole nitrogens is 2. The molecule has 65 heavy (non-hydrogen) atoms. The van der Waals surface area contributed by atoms with Gasteiger partial charge in [0.1, 0.15) is 12.1 Å². The average Bonchev–Trinajstić information content (AvgIpc) is 3.25. The van der Waals surface area contributed by atoms with E-state index < -0.39 is 71.7 Å². The van der Waals surface area contributed by atoms with Gasteiger partial charge in [-0.2, -0.15) is 9.97 Å². The van der Waals surface area contributed by atoms with E-state index in [-0.39, 0.29) is 117 Å². The number of nitrogens with two attached hydrogens (primary N) is 2. The minimum absolute atomic E-state index is 0. The maximum absolute atomic E-state index is 12.3. The Morgan fingerprint density at radius 3 is 1.28 bits per heavy atom. The minimum Gasteiger partial charge on any atom is -0.550 e. The molecule has 6 rings (SSSR count). The predicted molar refractivity (Wildman–Crippen MR) is 224 cm³/mol. The third-order valence-electron chi connectivity index (χ3n) is 8.69. The number of aliphatic carboxylic acids is 4. The number of carboxylic acid groups (broad SMARTS) is 4. The minimum atomic E-state index is -1.40. The molecule has 4 heterocycles. The monoisotopic (exact) mass is 968 g/mol. The van der Waals surface area contributed by atoms with Crippen LogP contribution in [0.3, 0.4) is 0 Å². The van der Waals surface area contributed by atoms with Gasteiger partial charge in [-0.15, -0.1) is 0 Å². The first-order valence-electron chi connectivity index (χ1n) is 18.6. The van der Waals surface area contributed by atoms with Crippen LogP contribution < -0.4 is 54.1 Å². The van der Waals surface area contributed by atoms with E-state index in [2.05, 4.69) is 61.1 Å². The number of aromatic amines is 2. The van der Waals surface area contributed by atoms with E-state index in [0.29, 0.717) is 22.8 Å². The number of anilines is 4. The molecule has 4 aromatic heterocycles. The van der Waals surface area contributed by atoms with Gasteiger partial charge >= 0.3 is 57.4 Å². The first-order chi connectivity index (χ1) is 30.4. The standard InChI is InChI=1S/2C19H19N7O6.Sr/c2*20-19-25-15-14(17(30)26-19)23-11(8-22-15)7-21-10-3-1-9(2-4-10)16(29)24-12(18(31)32)5-6-13(27)28;/h2*1-4,8,12,21H,5-7H2,(H,24,29)(H,27,28)(H,31,32)(H3,20,22,25,26,30);/q;;+2/p-2/t2*12-;/m00./s1. The number of nitrogens with one attached hydrogen (secondary N) is 6. The quantitative estimate of drug-likeness (QED) is 0.0381. The van der Waals surface area contributed by atoms with Crippen molar-refractivity contribution in [3.8, 4) is 0 Å². The SMILES string of the molecule is Nc1nc2ncc(CNc3ccc(C(=O)N[C@@H](CCC(=O)[O-])C(=O)O)cc3)nc2c(=O)[nH]1.Nc1nc2ncc(CNc3ccc(C(=O)N[C@@H](CCC(=O)[O-])C(=O)O)cc3)nc2c(=O)[nH]1.[Sr+2]. The van der Waals surface area contributed by atoms with Crippen LogP contribution in [0.15, 0.2) is 70.5 Å². The Bertz CT molecular complexity index is 2650. The molecule has 0 unspecified atom stereocenters. The first-order valence-corrected chi connectivity index (χ1v) is 18.6. The Kier molecular flexibility index (Phi) is 17.8. The summed E-state index contributed by atoms with van der Waals surface area (Å²) in [6.07, 6.45) is 1.32. The molecule has 0 fully saturated rings. The number of nitrogens with zero attached hydrogens (tertiary/aromatic N) is 6. The number of carboxylic acids is 4. The molecule has 12 N–H and O–H groups in total. The van der Waals surface area contributed by atoms with Crippen LogP contribution in [0.5, 0.6) is 0 Å². The van der Waals surface area contributed by atoms with Crippen LogP contribution in [0.4, 0.5) is 23.3 Å². The van der Waals surface area contributed by atoms with Crippen molar-refractivity contribution in [2.45, 2.75) is 50.9 Å². The van der Waals surface area contributed by atoms with Crippen molar-refractivity contribution < 1.29 is 49.2 Å². The summed E-state index contributed by atoms with van der Waals surface area (Å²) < 4.78 is 0. The largest absolute Gasteiger partial charge is 2.00 e. The number of rotatable bonds is 18. The fourth-order valence-corrected chi connectivity index (χ4v) is 5.50. The molecule has 2 atom stereocenters. The second kappa shape index (κ2) is 23.2. The third kappa shape index (κ3) is 14.7. The molecule has 0 aliphatic rings. The van der Waals surface area contributed by atoms with Crippen LogP contribution in [0.25, 0.3) is 22.3 Å². The summed E-state index contributed by atoms with van der Waals surface area (Å²) in [4.78, 5) is 121. The number of carbonyl (C=O) groups is 6. The van der Waals surface area contributed by atoms with Crippen LogP contribution in [-0.4, -0.2) is 143 Å². The number of nitrogen functional groups attached to an aromatic ring is 2. The molecule has 6 aromatic rings. The maximum atomic E-state index is 12.3. The van der Waals surface area contributed by atoms with Crippen molar-refractivity contribution in [1.29, 1.82) is 0 Å². The molecule has 0 aliphatic carbocycles. The molecule has 0 aliphatic heterocycles. The molecular formula is C38H36N14O12Sr. The summed E-state index contributed by atoms with van der Waals surface area (Å²) >= 11 is 0. The van der Waals surface area contributed by atoms with Gasteiger partial charge in [0, 0.05) is 34.4 Å². The molecule has 27 heteroatoms. The zero-order valence-corrected chi connectivity index (χ0v) is 37.2. The van der Waals surface area contributed by atoms with Gasteiger partial charge < -0.3 is 62.7 Å². The summed E-state index contributed by atoms with van der Waals surface area (Å²) in [5.74, 6) is -6.91. The first kappa shape index (κ1) is 50.0. The second-order valence-electron chi connectivity index (χ2n) is 13.4. The summed E-state index contributed by atoms with van der Waals surface area (Å²) in [5.41, 5.74) is 12.9. The summed E-state index contributed by atoms with van der Waals surface area (Å²) in [5, 5.41) is 49.9. The number of hydrogen-bond donors (Lipinski definition) is 10.